The van der Waals surface area contributed by atoms with Crippen LogP contribution in [0.25, 0.3) is 0 Å². The van der Waals surface area contributed by atoms with Crippen LogP contribution in [-0.2, 0) is 21.2 Å². The molecule has 1 spiro atoms. The highest BCUT2D eigenvalue weighted by atomic mass is 32.2. The highest BCUT2D eigenvalue weighted by molar-refractivity contribution is 7.89. The Bertz CT molecular complexity index is 865. The fraction of sp³-hybridized carbons (Fsp3) is 0.579. The number of fused-ring (bicyclic) bond motifs is 1. The number of nitrogens with zero attached hydrogens (tertiary/aromatic N) is 1. The molecule has 2 atom stereocenters. The second-order valence-electron chi connectivity index (χ2n) is 8.05. The molecular weight excluding hydrogens is 366 g/mol. The predicted octanol–water partition coefficient (Wildman–Crippen LogP) is 0.906. The molecule has 27 heavy (non-hydrogen) atoms. The van der Waals surface area contributed by atoms with Crippen LogP contribution in [0, 0.1) is 5.92 Å². The molecule has 1 aromatic carbocycles. The SMILES string of the molecule is CC(C)NC(=O)[C@@H]1CN(S(=O)(=O)C(C)C)C[C@]12Cc1ccccc1C(=O)N2. The number of carbonyl (C=O) groups excluding carboxylic acids is 2. The van der Waals surface area contributed by atoms with Crippen molar-refractivity contribution in [3.8, 4) is 0 Å². The molecule has 0 bridgehead atoms. The lowest BCUT2D eigenvalue weighted by atomic mass is 9.77. The van der Waals surface area contributed by atoms with Crippen LogP contribution in [0.2, 0.25) is 0 Å². The molecule has 1 aromatic rings. The van der Waals surface area contributed by atoms with Gasteiger partial charge in [0.25, 0.3) is 5.91 Å². The van der Waals surface area contributed by atoms with Gasteiger partial charge in [0.15, 0.2) is 0 Å². The summed E-state index contributed by atoms with van der Waals surface area (Å²) in [5, 5.41) is 5.28. The molecule has 7 nitrogen and oxygen atoms in total. The van der Waals surface area contributed by atoms with Gasteiger partial charge in [-0.2, -0.15) is 4.31 Å². The second kappa shape index (κ2) is 6.91. The zero-order chi connectivity index (χ0) is 20.0. The molecule has 0 saturated carbocycles. The van der Waals surface area contributed by atoms with Crippen LogP contribution in [0.5, 0.6) is 0 Å². The number of rotatable bonds is 4. The highest BCUT2D eigenvalue weighted by Crippen LogP contribution is 2.37. The van der Waals surface area contributed by atoms with Gasteiger partial charge in [0.05, 0.1) is 16.7 Å². The van der Waals surface area contributed by atoms with Crippen molar-refractivity contribution >= 4 is 21.8 Å². The molecule has 2 heterocycles. The van der Waals surface area contributed by atoms with Crippen molar-refractivity contribution in [3.63, 3.8) is 0 Å². The zero-order valence-corrected chi connectivity index (χ0v) is 17.0. The third-order valence-electron chi connectivity index (χ3n) is 5.35. The van der Waals surface area contributed by atoms with Gasteiger partial charge in [-0.25, -0.2) is 8.42 Å². The van der Waals surface area contributed by atoms with Crippen molar-refractivity contribution in [1.82, 2.24) is 14.9 Å². The maximum Gasteiger partial charge on any atom is 0.252 e. The minimum absolute atomic E-state index is 0.0709. The summed E-state index contributed by atoms with van der Waals surface area (Å²) in [4.78, 5) is 25.6. The van der Waals surface area contributed by atoms with Crippen molar-refractivity contribution in [1.29, 1.82) is 0 Å². The van der Waals surface area contributed by atoms with Gasteiger partial charge in [-0.15, -0.1) is 0 Å². The van der Waals surface area contributed by atoms with Crippen molar-refractivity contribution in [2.24, 2.45) is 5.92 Å². The maximum absolute atomic E-state index is 12.9. The molecule has 0 unspecified atom stereocenters. The largest absolute Gasteiger partial charge is 0.354 e. The van der Waals surface area contributed by atoms with Gasteiger partial charge >= 0.3 is 0 Å². The Balaban J connectivity index is 2.02. The fourth-order valence-electron chi connectivity index (χ4n) is 3.96. The smallest absolute Gasteiger partial charge is 0.252 e. The lowest BCUT2D eigenvalue weighted by Crippen LogP contribution is -2.62. The third kappa shape index (κ3) is 3.48. The lowest BCUT2D eigenvalue weighted by molar-refractivity contribution is -0.126. The van der Waals surface area contributed by atoms with Crippen LogP contribution < -0.4 is 10.6 Å². The van der Waals surface area contributed by atoms with Crippen LogP contribution in [-0.4, -0.2) is 54.5 Å². The van der Waals surface area contributed by atoms with E-state index in [9.17, 15) is 18.0 Å². The van der Waals surface area contributed by atoms with Crippen molar-refractivity contribution in [3.05, 3.63) is 35.4 Å². The number of hydrogen-bond donors (Lipinski definition) is 2. The Morgan fingerprint density at radius 2 is 1.93 bits per heavy atom. The lowest BCUT2D eigenvalue weighted by Gasteiger charge is -2.39. The van der Waals surface area contributed by atoms with Crippen molar-refractivity contribution < 1.29 is 18.0 Å². The Morgan fingerprint density at radius 3 is 2.56 bits per heavy atom. The topological polar surface area (TPSA) is 95.6 Å². The maximum atomic E-state index is 12.9. The van der Waals surface area contributed by atoms with Gasteiger partial charge in [-0.3, -0.25) is 9.59 Å². The minimum Gasteiger partial charge on any atom is -0.354 e. The van der Waals surface area contributed by atoms with Crippen LogP contribution in [0.3, 0.4) is 0 Å². The normalized spacial score (nSPS) is 25.7. The summed E-state index contributed by atoms with van der Waals surface area (Å²) in [7, 11) is -3.54. The summed E-state index contributed by atoms with van der Waals surface area (Å²) >= 11 is 0. The summed E-state index contributed by atoms with van der Waals surface area (Å²) in [5.41, 5.74) is 0.482. The van der Waals surface area contributed by atoms with Crippen LogP contribution in [0.15, 0.2) is 24.3 Å². The average molecular weight is 394 g/mol. The number of sulfonamides is 1. The third-order valence-corrected chi connectivity index (χ3v) is 7.53. The molecule has 3 rings (SSSR count). The average Bonchev–Trinajstić information content (AvgIpc) is 2.93. The number of benzene rings is 1. The molecule has 0 aromatic heterocycles. The first kappa shape index (κ1) is 19.8. The monoisotopic (exact) mass is 393 g/mol. The molecule has 1 fully saturated rings. The van der Waals surface area contributed by atoms with Crippen LogP contribution in [0.4, 0.5) is 0 Å². The second-order valence-corrected chi connectivity index (χ2v) is 10.5. The van der Waals surface area contributed by atoms with Gasteiger partial charge in [0.1, 0.15) is 0 Å². The summed E-state index contributed by atoms with van der Waals surface area (Å²) in [5.74, 6) is -1.14. The fourth-order valence-corrected chi connectivity index (χ4v) is 5.32. The molecule has 2 N–H and O–H groups in total. The molecule has 0 radical (unpaired) electrons. The number of carbonyl (C=O) groups is 2. The minimum atomic E-state index is -3.54. The molecule has 2 amide bonds. The summed E-state index contributed by atoms with van der Waals surface area (Å²) in [6.07, 6.45) is 0.426. The van der Waals surface area contributed by atoms with E-state index in [4.69, 9.17) is 0 Å². The van der Waals surface area contributed by atoms with Crippen molar-refractivity contribution in [2.75, 3.05) is 13.1 Å². The molecule has 148 valence electrons. The van der Waals surface area contributed by atoms with Crippen molar-refractivity contribution in [2.45, 2.75) is 50.9 Å². The number of nitrogens with one attached hydrogen (secondary N) is 2. The highest BCUT2D eigenvalue weighted by Gasteiger charge is 2.55. The van der Waals surface area contributed by atoms with E-state index in [1.807, 2.05) is 26.0 Å². The first-order chi connectivity index (χ1) is 12.6. The predicted molar refractivity (Wildman–Crippen MR) is 103 cm³/mol. The Hall–Kier alpha value is -1.93. The number of amides is 2. The molecular formula is C19H27N3O4S. The standard InChI is InChI=1S/C19H27N3O4S/c1-12(2)20-18(24)16-10-22(27(25,26)13(3)4)11-19(16)9-14-7-5-6-8-15(14)17(23)21-19/h5-8,12-13,16H,9-11H2,1-4H3,(H,20,24)(H,21,23)/t16-,19+/m0/s1. The van der Waals surface area contributed by atoms with E-state index >= 15 is 0 Å². The van der Waals surface area contributed by atoms with Crippen LogP contribution in [0.1, 0.15) is 43.6 Å². The molecule has 1 saturated heterocycles. The van der Waals surface area contributed by atoms with E-state index in [2.05, 4.69) is 10.6 Å². The first-order valence-electron chi connectivity index (χ1n) is 9.26. The summed E-state index contributed by atoms with van der Waals surface area (Å²) in [6.45, 7) is 7.13. The first-order valence-corrected chi connectivity index (χ1v) is 10.8. The van der Waals surface area contributed by atoms with Gasteiger partial charge in [0, 0.05) is 24.7 Å². The van der Waals surface area contributed by atoms with Crippen LogP contribution >= 0.6 is 0 Å². The van der Waals surface area contributed by atoms with E-state index in [1.165, 1.54) is 4.31 Å². The molecule has 2 aliphatic heterocycles. The molecule has 8 heteroatoms. The Morgan fingerprint density at radius 1 is 1.26 bits per heavy atom. The summed E-state index contributed by atoms with van der Waals surface area (Å²) < 4.78 is 26.9. The van der Waals surface area contributed by atoms with E-state index in [0.717, 1.165) is 5.56 Å². The summed E-state index contributed by atoms with van der Waals surface area (Å²) in [6, 6.07) is 7.19. The molecule has 0 aliphatic carbocycles. The van der Waals surface area contributed by atoms with Gasteiger partial charge in [-0.05, 0) is 45.7 Å². The van der Waals surface area contributed by atoms with E-state index < -0.39 is 26.7 Å². The van der Waals surface area contributed by atoms with E-state index in [0.29, 0.717) is 12.0 Å². The Kier molecular flexibility index (Phi) is 5.07. The van der Waals surface area contributed by atoms with E-state index in [-0.39, 0.29) is 30.9 Å². The van der Waals surface area contributed by atoms with Gasteiger partial charge < -0.3 is 10.6 Å². The zero-order valence-electron chi connectivity index (χ0n) is 16.2. The van der Waals surface area contributed by atoms with Gasteiger partial charge in [-0.1, -0.05) is 18.2 Å². The Labute approximate surface area is 160 Å². The quantitative estimate of drug-likeness (QED) is 0.795. The number of hydrogen-bond acceptors (Lipinski definition) is 4. The molecule has 2 aliphatic rings. The van der Waals surface area contributed by atoms with Gasteiger partial charge in [0.2, 0.25) is 15.9 Å². The van der Waals surface area contributed by atoms with E-state index in [1.54, 1.807) is 26.0 Å².